The zero-order chi connectivity index (χ0) is 12.4. The van der Waals surface area contributed by atoms with Crippen molar-refractivity contribution in [1.29, 1.82) is 0 Å². The highest BCUT2D eigenvalue weighted by Crippen LogP contribution is 2.50. The molecule has 5 unspecified atom stereocenters. The molecule has 2 heteroatoms. The van der Waals surface area contributed by atoms with E-state index in [1.165, 1.54) is 57.8 Å². The van der Waals surface area contributed by atoms with E-state index in [4.69, 9.17) is 9.47 Å². The maximum atomic E-state index is 5.79. The van der Waals surface area contributed by atoms with Crippen molar-refractivity contribution >= 4 is 0 Å². The lowest BCUT2D eigenvalue weighted by Gasteiger charge is -2.47. The molecule has 2 nitrogen and oxygen atoms in total. The first-order valence-electron chi connectivity index (χ1n) is 7.97. The predicted octanol–water partition coefficient (Wildman–Crippen LogP) is 3.99. The summed E-state index contributed by atoms with van der Waals surface area (Å²) >= 11 is 0. The van der Waals surface area contributed by atoms with Crippen LogP contribution >= 0.6 is 0 Å². The highest BCUT2D eigenvalue weighted by atomic mass is 16.7. The second kappa shape index (κ2) is 5.92. The van der Waals surface area contributed by atoms with Crippen LogP contribution in [-0.2, 0) is 9.47 Å². The van der Waals surface area contributed by atoms with E-state index < -0.39 is 0 Å². The number of hydrogen-bond donors (Lipinski definition) is 0. The summed E-state index contributed by atoms with van der Waals surface area (Å²) in [5.41, 5.74) is 0. The van der Waals surface area contributed by atoms with Gasteiger partial charge in [-0.2, -0.15) is 0 Å². The molecule has 18 heavy (non-hydrogen) atoms. The minimum absolute atomic E-state index is 0.478. The van der Waals surface area contributed by atoms with E-state index in [2.05, 4.69) is 0 Å². The molecule has 104 valence electrons. The zero-order valence-electron chi connectivity index (χ0n) is 11.8. The molecule has 0 spiro atoms. The molecule has 3 aliphatic carbocycles. The summed E-state index contributed by atoms with van der Waals surface area (Å²) in [6, 6.07) is 0. The molecular weight excluding hydrogens is 224 g/mol. The van der Waals surface area contributed by atoms with E-state index in [1.807, 2.05) is 0 Å². The molecule has 3 saturated carbocycles. The Labute approximate surface area is 111 Å². The minimum Gasteiger partial charge on any atom is -0.359 e. The third kappa shape index (κ3) is 2.75. The second-order valence-corrected chi connectivity index (χ2v) is 6.80. The molecule has 0 aromatic carbocycles. The topological polar surface area (TPSA) is 18.5 Å². The van der Waals surface area contributed by atoms with E-state index in [-0.39, 0.29) is 0 Å². The van der Waals surface area contributed by atoms with Crippen molar-refractivity contribution < 1.29 is 9.47 Å². The van der Waals surface area contributed by atoms with Crippen LogP contribution in [0.2, 0.25) is 0 Å². The van der Waals surface area contributed by atoms with E-state index in [0.717, 1.165) is 23.7 Å². The molecule has 0 N–H and O–H groups in total. The molecule has 0 bridgehead atoms. The molecule has 0 heterocycles. The molecule has 0 aromatic rings. The van der Waals surface area contributed by atoms with Crippen LogP contribution in [0.1, 0.15) is 57.8 Å². The van der Waals surface area contributed by atoms with Gasteiger partial charge in [0.1, 0.15) is 6.79 Å². The Morgan fingerprint density at radius 1 is 0.778 bits per heavy atom. The fourth-order valence-corrected chi connectivity index (χ4v) is 4.88. The first-order chi connectivity index (χ1) is 8.86. The van der Waals surface area contributed by atoms with Gasteiger partial charge in [0.25, 0.3) is 0 Å². The zero-order valence-corrected chi connectivity index (χ0v) is 11.8. The van der Waals surface area contributed by atoms with Gasteiger partial charge < -0.3 is 9.47 Å². The first kappa shape index (κ1) is 12.9. The number of fused-ring (bicyclic) bond motifs is 2. The third-order valence-corrected chi connectivity index (χ3v) is 5.79. The summed E-state index contributed by atoms with van der Waals surface area (Å²) in [6.07, 6.45) is 13.5. The lowest BCUT2D eigenvalue weighted by atomic mass is 9.59. The molecule has 0 aromatic heterocycles. The van der Waals surface area contributed by atoms with Gasteiger partial charge in [0.05, 0.1) is 6.10 Å². The molecule has 3 aliphatic rings. The summed E-state index contributed by atoms with van der Waals surface area (Å²) in [4.78, 5) is 0. The largest absolute Gasteiger partial charge is 0.359 e. The summed E-state index contributed by atoms with van der Waals surface area (Å²) < 4.78 is 10.8. The number of methoxy groups -OCH3 is 1. The fourth-order valence-electron chi connectivity index (χ4n) is 4.88. The third-order valence-electron chi connectivity index (χ3n) is 5.79. The minimum atomic E-state index is 0.478. The quantitative estimate of drug-likeness (QED) is 0.707. The summed E-state index contributed by atoms with van der Waals surface area (Å²) in [5.74, 6) is 4.12. The Morgan fingerprint density at radius 2 is 1.44 bits per heavy atom. The van der Waals surface area contributed by atoms with E-state index >= 15 is 0 Å². The van der Waals surface area contributed by atoms with Crippen molar-refractivity contribution in [2.24, 2.45) is 23.7 Å². The van der Waals surface area contributed by atoms with Crippen molar-refractivity contribution in [3.63, 3.8) is 0 Å². The highest BCUT2D eigenvalue weighted by molar-refractivity contribution is 4.91. The standard InChI is InChI=1S/C16H28O2/c1-17-11-18-16-7-6-14-8-12-4-2-3-5-13(12)9-15(14)10-16/h12-16H,2-11H2,1H3. The highest BCUT2D eigenvalue weighted by Gasteiger charge is 2.40. The molecule has 0 amide bonds. The van der Waals surface area contributed by atoms with Gasteiger partial charge in [0.2, 0.25) is 0 Å². The Bertz CT molecular complexity index is 266. The predicted molar refractivity (Wildman–Crippen MR) is 72.3 cm³/mol. The average Bonchev–Trinajstić information content (AvgIpc) is 2.42. The molecule has 5 atom stereocenters. The van der Waals surface area contributed by atoms with Crippen molar-refractivity contribution in [1.82, 2.24) is 0 Å². The lowest BCUT2D eigenvalue weighted by Crippen LogP contribution is -2.39. The van der Waals surface area contributed by atoms with Crippen molar-refractivity contribution in [2.75, 3.05) is 13.9 Å². The monoisotopic (exact) mass is 252 g/mol. The Kier molecular flexibility index (Phi) is 4.25. The fraction of sp³-hybridized carbons (Fsp3) is 1.00. The summed E-state index contributed by atoms with van der Waals surface area (Å²) in [5, 5.41) is 0. The normalized spacial score (nSPS) is 44.2. The van der Waals surface area contributed by atoms with Crippen LogP contribution in [0.4, 0.5) is 0 Å². The van der Waals surface area contributed by atoms with E-state index in [0.29, 0.717) is 12.9 Å². The second-order valence-electron chi connectivity index (χ2n) is 6.80. The number of ether oxygens (including phenoxy) is 2. The van der Waals surface area contributed by atoms with Gasteiger partial charge >= 0.3 is 0 Å². The van der Waals surface area contributed by atoms with Crippen LogP contribution in [0.3, 0.4) is 0 Å². The Hall–Kier alpha value is -0.0800. The maximum absolute atomic E-state index is 5.79. The first-order valence-corrected chi connectivity index (χ1v) is 7.97. The van der Waals surface area contributed by atoms with Gasteiger partial charge in [0.15, 0.2) is 0 Å². The van der Waals surface area contributed by atoms with E-state index in [1.54, 1.807) is 7.11 Å². The van der Waals surface area contributed by atoms with Crippen LogP contribution in [-0.4, -0.2) is 20.0 Å². The van der Waals surface area contributed by atoms with Crippen LogP contribution in [0, 0.1) is 23.7 Å². The number of hydrogen-bond acceptors (Lipinski definition) is 2. The van der Waals surface area contributed by atoms with Crippen molar-refractivity contribution in [3.05, 3.63) is 0 Å². The molecule has 0 radical (unpaired) electrons. The van der Waals surface area contributed by atoms with Crippen LogP contribution < -0.4 is 0 Å². The van der Waals surface area contributed by atoms with Gasteiger partial charge in [-0.1, -0.05) is 25.7 Å². The van der Waals surface area contributed by atoms with Gasteiger partial charge in [-0.3, -0.25) is 0 Å². The van der Waals surface area contributed by atoms with Crippen LogP contribution in [0.5, 0.6) is 0 Å². The molecule has 0 aliphatic heterocycles. The SMILES string of the molecule is COCOC1CCC2CC3CCCCC3CC2C1. The van der Waals surface area contributed by atoms with Gasteiger partial charge in [-0.05, 0) is 55.8 Å². The average molecular weight is 252 g/mol. The Morgan fingerprint density at radius 3 is 2.17 bits per heavy atom. The molecule has 3 rings (SSSR count). The summed E-state index contributed by atoms with van der Waals surface area (Å²) in [6.45, 7) is 0.480. The summed E-state index contributed by atoms with van der Waals surface area (Å²) in [7, 11) is 1.72. The van der Waals surface area contributed by atoms with E-state index in [9.17, 15) is 0 Å². The van der Waals surface area contributed by atoms with Crippen LogP contribution in [0.15, 0.2) is 0 Å². The van der Waals surface area contributed by atoms with Gasteiger partial charge in [-0.15, -0.1) is 0 Å². The van der Waals surface area contributed by atoms with Crippen LogP contribution in [0.25, 0.3) is 0 Å². The van der Waals surface area contributed by atoms with Gasteiger partial charge in [-0.25, -0.2) is 0 Å². The van der Waals surface area contributed by atoms with Gasteiger partial charge in [0, 0.05) is 7.11 Å². The van der Waals surface area contributed by atoms with Crippen molar-refractivity contribution in [3.8, 4) is 0 Å². The molecule has 0 saturated heterocycles. The lowest BCUT2D eigenvalue weighted by molar-refractivity contribution is -0.104. The van der Waals surface area contributed by atoms with Crippen molar-refractivity contribution in [2.45, 2.75) is 63.9 Å². The Balaban J connectivity index is 1.55. The molecule has 3 fully saturated rings. The number of rotatable bonds is 3. The molecular formula is C16H28O2. The smallest absolute Gasteiger partial charge is 0.146 e. The maximum Gasteiger partial charge on any atom is 0.146 e.